The summed E-state index contributed by atoms with van der Waals surface area (Å²) in [5.41, 5.74) is 9.14. The summed E-state index contributed by atoms with van der Waals surface area (Å²) in [7, 11) is 0. The van der Waals surface area contributed by atoms with Crippen LogP contribution in [0, 0.1) is 0 Å². The van der Waals surface area contributed by atoms with Crippen molar-refractivity contribution in [1.82, 2.24) is 15.0 Å². The number of hydrogen-bond acceptors (Lipinski definition) is 5. The molecule has 3 heterocycles. The monoisotopic (exact) mass is 825 g/mol. The van der Waals surface area contributed by atoms with Crippen LogP contribution in [0.25, 0.3) is 103 Å². The van der Waals surface area contributed by atoms with Crippen LogP contribution in [0.1, 0.15) is 17.3 Å². The second-order valence-corrected chi connectivity index (χ2v) is 18.5. The molecule has 1 aliphatic heterocycles. The fourth-order valence-electron chi connectivity index (χ4n) is 9.68. The molecule has 0 saturated heterocycles. The van der Waals surface area contributed by atoms with Gasteiger partial charge in [0.05, 0.1) is 0 Å². The van der Waals surface area contributed by atoms with E-state index >= 15 is 0 Å². The molecular formula is C57H35N3S2. The van der Waals surface area contributed by atoms with Crippen LogP contribution in [-0.4, -0.2) is 20.2 Å². The van der Waals surface area contributed by atoms with Gasteiger partial charge in [0.1, 0.15) is 0 Å². The van der Waals surface area contributed by atoms with Crippen LogP contribution in [0.3, 0.4) is 0 Å². The normalized spacial score (nSPS) is 15.7. The molecule has 0 bridgehead atoms. The summed E-state index contributed by atoms with van der Waals surface area (Å²) in [6, 6.07) is 66.0. The molecule has 0 radical (unpaired) electrons. The fourth-order valence-corrected chi connectivity index (χ4v) is 12.1. The molecular weight excluding hydrogens is 791 g/mol. The van der Waals surface area contributed by atoms with Gasteiger partial charge in [0.15, 0.2) is 17.5 Å². The van der Waals surface area contributed by atoms with Crippen molar-refractivity contribution >= 4 is 81.2 Å². The summed E-state index contributed by atoms with van der Waals surface area (Å²) in [5.74, 6) is 2.32. The Kier molecular flexibility index (Phi) is 8.15. The summed E-state index contributed by atoms with van der Waals surface area (Å²) >= 11 is 3.79. The van der Waals surface area contributed by atoms with Crippen LogP contribution in [0.15, 0.2) is 205 Å². The van der Waals surface area contributed by atoms with Crippen LogP contribution < -0.4 is 0 Å². The highest BCUT2D eigenvalue weighted by atomic mass is 32.2. The molecule has 0 amide bonds. The Balaban J connectivity index is 0.894. The highest BCUT2D eigenvalue weighted by molar-refractivity contribution is 8.00. The van der Waals surface area contributed by atoms with E-state index in [0.717, 1.165) is 22.3 Å². The van der Waals surface area contributed by atoms with Crippen molar-refractivity contribution in [3.05, 3.63) is 212 Å². The van der Waals surface area contributed by atoms with E-state index in [2.05, 4.69) is 182 Å². The van der Waals surface area contributed by atoms with Crippen molar-refractivity contribution in [2.45, 2.75) is 16.1 Å². The van der Waals surface area contributed by atoms with Gasteiger partial charge in [0, 0.05) is 52.9 Å². The predicted molar refractivity (Wildman–Crippen MR) is 263 cm³/mol. The number of thioether (sulfide) groups is 1. The molecule has 2 aromatic heterocycles. The van der Waals surface area contributed by atoms with E-state index in [1.165, 1.54) is 79.6 Å². The van der Waals surface area contributed by atoms with Gasteiger partial charge in [-0.25, -0.2) is 15.0 Å². The van der Waals surface area contributed by atoms with E-state index < -0.39 is 0 Å². The van der Waals surface area contributed by atoms with Gasteiger partial charge in [-0.1, -0.05) is 170 Å². The third-order valence-corrected chi connectivity index (χ3v) is 15.2. The number of fused-ring (bicyclic) bond motifs is 12. The molecule has 0 spiro atoms. The van der Waals surface area contributed by atoms with Gasteiger partial charge in [-0.3, -0.25) is 0 Å². The fraction of sp³-hybridized carbons (Fsp3) is 0.0351. The van der Waals surface area contributed by atoms with Gasteiger partial charge in [-0.05, 0) is 90.5 Å². The van der Waals surface area contributed by atoms with Crippen LogP contribution >= 0.6 is 23.1 Å². The maximum atomic E-state index is 5.15. The average Bonchev–Trinajstić information content (AvgIpc) is 3.92. The zero-order chi connectivity index (χ0) is 40.7. The van der Waals surface area contributed by atoms with Crippen LogP contribution in [0.4, 0.5) is 0 Å². The minimum absolute atomic E-state index is 0.288. The Labute approximate surface area is 366 Å². The summed E-state index contributed by atoms with van der Waals surface area (Å²) in [4.78, 5) is 16.6. The molecule has 62 heavy (non-hydrogen) atoms. The third-order valence-electron chi connectivity index (χ3n) is 12.7. The quantitative estimate of drug-likeness (QED) is 0.162. The Morgan fingerprint density at radius 3 is 1.74 bits per heavy atom. The second kappa shape index (κ2) is 14.2. The molecule has 0 saturated carbocycles. The molecule has 13 rings (SSSR count). The highest BCUT2D eigenvalue weighted by Gasteiger charge is 2.32. The topological polar surface area (TPSA) is 38.7 Å². The standard InChI is InChI=1S/C57H35N3S2/c1-2-11-35(12-3-1)55-58-56(60-57(59-55)39-27-30-51-48(33-39)46-17-8-9-19-50(46)61-51)36-23-21-34(22-24-36)40-18-10-20-53-54(40)49-32-38(26-29-52(49)62-53)37-25-28-45-43-15-5-4-13-41(43)42-14-6-7-16-44(42)47(45)31-37/h1-33,48,51H. The zero-order valence-corrected chi connectivity index (χ0v) is 35.0. The Morgan fingerprint density at radius 2 is 0.984 bits per heavy atom. The summed E-state index contributed by atoms with van der Waals surface area (Å²) in [5, 5.41) is 10.7. The number of aromatic nitrogens is 3. The molecule has 2 atom stereocenters. The van der Waals surface area contributed by atoms with E-state index in [0.29, 0.717) is 22.7 Å². The lowest BCUT2D eigenvalue weighted by molar-refractivity contribution is 0.880. The van der Waals surface area contributed by atoms with E-state index in [1.807, 2.05) is 41.3 Å². The molecule has 0 N–H and O–H groups in total. The van der Waals surface area contributed by atoms with Gasteiger partial charge >= 0.3 is 0 Å². The molecule has 9 aromatic carbocycles. The number of nitrogens with zero attached hydrogens (tertiary/aromatic N) is 3. The zero-order valence-electron chi connectivity index (χ0n) is 33.4. The van der Waals surface area contributed by atoms with Gasteiger partial charge < -0.3 is 0 Å². The van der Waals surface area contributed by atoms with Crippen molar-refractivity contribution in [2.24, 2.45) is 0 Å². The first-order chi connectivity index (χ1) is 30.7. The minimum Gasteiger partial charge on any atom is -0.208 e. The maximum absolute atomic E-state index is 5.15. The lowest BCUT2D eigenvalue weighted by atomic mass is 9.89. The summed E-state index contributed by atoms with van der Waals surface area (Å²) < 4.78 is 2.57. The van der Waals surface area contributed by atoms with Crippen molar-refractivity contribution in [3.8, 4) is 45.0 Å². The first-order valence-corrected chi connectivity index (χ1v) is 22.8. The molecule has 3 nitrogen and oxygen atoms in total. The maximum Gasteiger partial charge on any atom is 0.164 e. The van der Waals surface area contributed by atoms with Crippen LogP contribution in [0.5, 0.6) is 0 Å². The predicted octanol–water partition coefficient (Wildman–Crippen LogP) is 15.6. The number of hydrogen-bond donors (Lipinski definition) is 0. The van der Waals surface area contributed by atoms with Gasteiger partial charge in [0.25, 0.3) is 0 Å². The van der Waals surface area contributed by atoms with Gasteiger partial charge in [-0.15, -0.1) is 23.1 Å². The lowest BCUT2D eigenvalue weighted by Gasteiger charge is -2.19. The smallest absolute Gasteiger partial charge is 0.164 e. The van der Waals surface area contributed by atoms with E-state index in [4.69, 9.17) is 15.0 Å². The minimum atomic E-state index is 0.288. The SMILES string of the molecule is C1=CC2Sc3ccccc3C2C=C1c1nc(-c2ccccc2)nc(-c2ccc(-c3cccc4sc5ccc(-c6ccc7c8ccccc8c8ccccc8c7c6)cc5c34)cc2)n1. The molecule has 290 valence electrons. The van der Waals surface area contributed by atoms with Gasteiger partial charge in [0.2, 0.25) is 0 Å². The largest absolute Gasteiger partial charge is 0.208 e. The number of benzene rings is 9. The van der Waals surface area contributed by atoms with Crippen molar-refractivity contribution in [3.63, 3.8) is 0 Å². The van der Waals surface area contributed by atoms with Crippen LogP contribution in [0.2, 0.25) is 0 Å². The first kappa shape index (κ1) is 35.6. The Morgan fingerprint density at radius 1 is 0.403 bits per heavy atom. The first-order valence-electron chi connectivity index (χ1n) is 21.1. The Bertz CT molecular complexity index is 3640. The molecule has 0 fully saturated rings. The molecule has 11 aromatic rings. The number of thiophene rings is 1. The van der Waals surface area contributed by atoms with Crippen molar-refractivity contribution in [2.75, 3.05) is 0 Å². The lowest BCUT2D eigenvalue weighted by Crippen LogP contribution is -2.11. The number of rotatable bonds is 5. The average molecular weight is 826 g/mol. The van der Waals surface area contributed by atoms with Gasteiger partial charge in [-0.2, -0.15) is 0 Å². The molecule has 2 aliphatic rings. The van der Waals surface area contributed by atoms with Crippen molar-refractivity contribution in [1.29, 1.82) is 0 Å². The second-order valence-electron chi connectivity index (χ2n) is 16.2. The molecule has 5 heteroatoms. The Hall–Kier alpha value is -7.18. The van der Waals surface area contributed by atoms with E-state index in [-0.39, 0.29) is 5.92 Å². The summed E-state index contributed by atoms with van der Waals surface area (Å²) in [6.07, 6.45) is 6.85. The van der Waals surface area contributed by atoms with E-state index in [1.54, 1.807) is 0 Å². The van der Waals surface area contributed by atoms with Crippen molar-refractivity contribution < 1.29 is 0 Å². The molecule has 1 aliphatic carbocycles. The summed E-state index contributed by atoms with van der Waals surface area (Å²) in [6.45, 7) is 0. The third kappa shape index (κ3) is 5.77. The van der Waals surface area contributed by atoms with E-state index in [9.17, 15) is 0 Å². The van der Waals surface area contributed by atoms with Crippen LogP contribution in [-0.2, 0) is 0 Å². The number of allylic oxidation sites excluding steroid dienone is 3. The molecule has 2 unspecified atom stereocenters. The highest BCUT2D eigenvalue weighted by Crippen LogP contribution is 2.50.